The number of H-pyrrole nitrogens is 1. The van der Waals surface area contributed by atoms with Gasteiger partial charge in [-0.25, -0.2) is 18.8 Å². The predicted molar refractivity (Wildman–Crippen MR) is 148 cm³/mol. The Kier molecular flexibility index (Phi) is 12.3. The van der Waals surface area contributed by atoms with Gasteiger partial charge in [0.05, 0.1) is 31.3 Å². The standard InChI is InChI=1S/C24H39FN3O12PS/c1-14(2)39-17(31)15(3)27-41(36,37-9-10-42-20(33)22(4,5)12-29)38-13-24(11-25)18(32)23(6,35)19(40-24)28-8-7-16(30)26-21(28)34/h7-8,14-15,18-19,29,32,35H,9-13H2,1-6H3,(H,27,36)(H,26,30,34)/t15?,18-,19+,23+,24+,41?/m0/s1. The lowest BCUT2D eigenvalue weighted by atomic mass is 9.88. The summed E-state index contributed by atoms with van der Waals surface area (Å²) in [6.07, 6.45) is -3.28. The van der Waals surface area contributed by atoms with Gasteiger partial charge in [0.1, 0.15) is 24.4 Å². The summed E-state index contributed by atoms with van der Waals surface area (Å²) in [5.74, 6) is -0.856. The molecule has 6 atom stereocenters. The number of nitrogens with one attached hydrogen (secondary N) is 2. The average molecular weight is 644 g/mol. The number of halogens is 1. The second-order valence-corrected chi connectivity index (χ2v) is 13.8. The SMILES string of the molecule is CC(C)OC(=O)C(C)NP(=O)(OCCSC(=O)C(C)(C)CO)OC[C@@]1(CF)O[C@@H](n2ccc(=O)[nH]c2=O)[C@](C)(O)[C@@H]1O. The van der Waals surface area contributed by atoms with Crippen LogP contribution in [0.25, 0.3) is 0 Å². The molecule has 0 bridgehead atoms. The Balaban J connectivity index is 2.29. The highest BCUT2D eigenvalue weighted by atomic mass is 32.2. The van der Waals surface area contributed by atoms with Crippen molar-refractivity contribution in [3.05, 3.63) is 33.1 Å². The quantitative estimate of drug-likeness (QED) is 0.0983. The van der Waals surface area contributed by atoms with Crippen molar-refractivity contribution in [3.63, 3.8) is 0 Å². The summed E-state index contributed by atoms with van der Waals surface area (Å²) in [6.45, 7) is 5.37. The average Bonchev–Trinajstić information content (AvgIpc) is 3.10. The van der Waals surface area contributed by atoms with E-state index in [-0.39, 0.29) is 17.5 Å². The van der Waals surface area contributed by atoms with Gasteiger partial charge in [0, 0.05) is 18.0 Å². The molecule has 2 heterocycles. The number of ether oxygens (including phenoxy) is 2. The summed E-state index contributed by atoms with van der Waals surface area (Å²) in [4.78, 5) is 50.4. The normalized spacial score (nSPS) is 26.6. The maximum atomic E-state index is 14.5. The molecular formula is C24H39FN3O12PS. The first-order valence-electron chi connectivity index (χ1n) is 13.0. The number of thioether (sulfide) groups is 1. The fourth-order valence-corrected chi connectivity index (χ4v) is 6.22. The van der Waals surface area contributed by atoms with Crippen molar-refractivity contribution in [1.82, 2.24) is 14.6 Å². The first-order chi connectivity index (χ1) is 19.3. The van der Waals surface area contributed by atoms with Crippen molar-refractivity contribution < 1.29 is 52.4 Å². The zero-order valence-electron chi connectivity index (χ0n) is 24.2. The third kappa shape index (κ3) is 8.57. The second-order valence-electron chi connectivity index (χ2n) is 10.9. The molecule has 1 aliphatic rings. The van der Waals surface area contributed by atoms with Gasteiger partial charge in [-0.1, -0.05) is 11.8 Å². The fraction of sp³-hybridized carbons (Fsp3) is 0.750. The van der Waals surface area contributed by atoms with E-state index in [0.29, 0.717) is 0 Å². The van der Waals surface area contributed by atoms with Crippen LogP contribution < -0.4 is 16.3 Å². The molecular weight excluding hydrogens is 604 g/mol. The number of aliphatic hydroxyl groups is 3. The van der Waals surface area contributed by atoms with Gasteiger partial charge in [0.25, 0.3) is 5.56 Å². The number of rotatable bonds is 15. The van der Waals surface area contributed by atoms with E-state index in [1.807, 2.05) is 4.98 Å². The van der Waals surface area contributed by atoms with Crippen LogP contribution in [-0.4, -0.2) is 97.7 Å². The smallest absolute Gasteiger partial charge is 0.406 e. The molecule has 18 heteroatoms. The van der Waals surface area contributed by atoms with Crippen molar-refractivity contribution in [1.29, 1.82) is 0 Å². The fourth-order valence-electron chi connectivity index (χ4n) is 3.76. The first kappa shape index (κ1) is 36.2. The predicted octanol–water partition coefficient (Wildman–Crippen LogP) is 0.235. The van der Waals surface area contributed by atoms with Gasteiger partial charge in [-0.15, -0.1) is 0 Å². The van der Waals surface area contributed by atoms with Gasteiger partial charge in [-0.05, 0) is 41.5 Å². The molecule has 5 N–H and O–H groups in total. The van der Waals surface area contributed by atoms with Gasteiger partial charge in [-0.3, -0.25) is 33.0 Å². The van der Waals surface area contributed by atoms with E-state index < -0.39 is 85.9 Å². The molecule has 0 aliphatic carbocycles. The number of nitrogens with zero attached hydrogens (tertiary/aromatic N) is 1. The maximum absolute atomic E-state index is 14.5. The van der Waals surface area contributed by atoms with E-state index in [4.69, 9.17) is 18.5 Å². The van der Waals surface area contributed by atoms with Gasteiger partial charge < -0.3 is 24.8 Å². The van der Waals surface area contributed by atoms with Crippen LogP contribution in [0.4, 0.5) is 4.39 Å². The Hall–Kier alpha value is -1.95. The van der Waals surface area contributed by atoms with Crippen LogP contribution in [0.2, 0.25) is 0 Å². The van der Waals surface area contributed by atoms with Gasteiger partial charge >= 0.3 is 19.4 Å². The highest BCUT2D eigenvalue weighted by molar-refractivity contribution is 8.13. The molecule has 1 saturated heterocycles. The van der Waals surface area contributed by atoms with Crippen LogP contribution in [0, 0.1) is 5.41 Å². The molecule has 240 valence electrons. The third-order valence-electron chi connectivity index (χ3n) is 6.29. The lowest BCUT2D eigenvalue weighted by Crippen LogP contribution is -2.53. The largest absolute Gasteiger partial charge is 0.462 e. The summed E-state index contributed by atoms with van der Waals surface area (Å²) in [7, 11) is -4.54. The molecule has 0 aromatic carbocycles. The summed E-state index contributed by atoms with van der Waals surface area (Å²) < 4.78 is 50.5. The first-order valence-corrected chi connectivity index (χ1v) is 15.5. The van der Waals surface area contributed by atoms with Crippen molar-refractivity contribution >= 4 is 30.6 Å². The molecule has 1 aliphatic heterocycles. The highest BCUT2D eigenvalue weighted by Crippen LogP contribution is 2.50. The van der Waals surface area contributed by atoms with Crippen LogP contribution >= 0.6 is 19.5 Å². The van der Waals surface area contributed by atoms with Crippen molar-refractivity contribution in [2.24, 2.45) is 5.41 Å². The number of aromatic nitrogens is 2. The molecule has 2 rings (SSSR count). The molecule has 1 fully saturated rings. The molecule has 0 radical (unpaired) electrons. The number of aliphatic hydroxyl groups excluding tert-OH is 2. The molecule has 42 heavy (non-hydrogen) atoms. The van der Waals surface area contributed by atoms with E-state index in [1.54, 1.807) is 13.8 Å². The second kappa shape index (κ2) is 14.2. The van der Waals surface area contributed by atoms with Crippen LogP contribution in [0.3, 0.4) is 0 Å². The van der Waals surface area contributed by atoms with Crippen LogP contribution in [0.5, 0.6) is 0 Å². The van der Waals surface area contributed by atoms with Crippen molar-refractivity contribution in [2.45, 2.75) is 77.2 Å². The zero-order chi connectivity index (χ0) is 32.1. The number of aromatic amines is 1. The Morgan fingerprint density at radius 3 is 2.50 bits per heavy atom. The number of esters is 1. The van der Waals surface area contributed by atoms with E-state index in [1.165, 1.54) is 20.8 Å². The highest BCUT2D eigenvalue weighted by Gasteiger charge is 2.63. The molecule has 0 spiro atoms. The lowest BCUT2D eigenvalue weighted by Gasteiger charge is -2.32. The van der Waals surface area contributed by atoms with Gasteiger partial charge in [0.15, 0.2) is 16.9 Å². The Morgan fingerprint density at radius 2 is 1.95 bits per heavy atom. The van der Waals surface area contributed by atoms with Gasteiger partial charge in [-0.2, -0.15) is 0 Å². The number of carbonyl (C=O) groups is 2. The van der Waals surface area contributed by atoms with Crippen LogP contribution in [-0.2, 0) is 32.7 Å². The zero-order valence-corrected chi connectivity index (χ0v) is 25.9. The number of hydrogen-bond donors (Lipinski definition) is 5. The van der Waals surface area contributed by atoms with E-state index in [2.05, 4.69) is 5.09 Å². The molecule has 1 aromatic rings. The van der Waals surface area contributed by atoms with Crippen molar-refractivity contribution in [2.75, 3.05) is 32.2 Å². The molecule has 0 saturated carbocycles. The monoisotopic (exact) mass is 643 g/mol. The minimum atomic E-state index is -4.54. The van der Waals surface area contributed by atoms with Crippen molar-refractivity contribution in [3.8, 4) is 0 Å². The molecule has 1 aromatic heterocycles. The summed E-state index contributed by atoms with van der Waals surface area (Å²) in [6, 6.07) is -0.306. The Bertz CT molecular complexity index is 1270. The Labute approximate surface area is 245 Å². The van der Waals surface area contributed by atoms with E-state index in [0.717, 1.165) is 35.5 Å². The number of carbonyl (C=O) groups excluding carboxylic acids is 2. The van der Waals surface area contributed by atoms with Crippen LogP contribution in [0.1, 0.15) is 47.8 Å². The number of alkyl halides is 1. The summed E-state index contributed by atoms with van der Waals surface area (Å²) >= 11 is 0.794. The lowest BCUT2D eigenvalue weighted by molar-refractivity contribution is -0.149. The minimum Gasteiger partial charge on any atom is -0.462 e. The van der Waals surface area contributed by atoms with E-state index >= 15 is 0 Å². The van der Waals surface area contributed by atoms with Crippen LogP contribution in [0.15, 0.2) is 21.9 Å². The minimum absolute atomic E-state index is 0.0403. The summed E-state index contributed by atoms with van der Waals surface area (Å²) in [5, 5.41) is 33.3. The topological polar surface area (TPSA) is 216 Å². The van der Waals surface area contributed by atoms with E-state index in [9.17, 15) is 43.5 Å². The molecule has 15 nitrogen and oxygen atoms in total. The third-order valence-corrected chi connectivity index (χ3v) is 9.17. The molecule has 2 unspecified atom stereocenters. The summed E-state index contributed by atoms with van der Waals surface area (Å²) in [5.41, 5.74) is -7.49. The maximum Gasteiger partial charge on any atom is 0.406 e. The Morgan fingerprint density at radius 1 is 1.31 bits per heavy atom. The van der Waals surface area contributed by atoms with Gasteiger partial charge in [0.2, 0.25) is 0 Å². The molecule has 0 amide bonds. The number of hydrogen-bond acceptors (Lipinski definition) is 13.